The average molecular weight is 638 g/mol. The van der Waals surface area contributed by atoms with Crippen LogP contribution in [0, 0.1) is 5.41 Å². The van der Waals surface area contributed by atoms with E-state index in [1.54, 1.807) is 43.3 Å². The molecule has 4 rings (SSSR count). The van der Waals surface area contributed by atoms with Gasteiger partial charge >= 0.3 is 5.97 Å². The van der Waals surface area contributed by atoms with E-state index in [0.717, 1.165) is 0 Å². The number of Topliss-reactive ketones (excluding diaryl/α,β-unsaturated/α-hetero) is 1. The molecule has 0 saturated carbocycles. The molecule has 0 spiro atoms. The van der Waals surface area contributed by atoms with Crippen LogP contribution < -0.4 is 15.8 Å². The molecule has 0 bridgehead atoms. The van der Waals surface area contributed by atoms with E-state index in [1.165, 1.54) is 0 Å². The Balaban J connectivity index is 1.73. The standard InChI is InChI=1S/C28H27BrCl2N2O6/c1-4-37-27(36)24-22(23-18(34)11-28(2,3)12-20(23)39-26(24)32)15-10-14(29)8-9-19(15)38-13-21(35)33-17-7-5-6-16(30)25(17)31/h5-10,22H,4,11-13,32H2,1-3H3,(H,33,35). The number of hydrogen-bond donors (Lipinski definition) is 2. The maximum absolute atomic E-state index is 13.5. The molecule has 39 heavy (non-hydrogen) atoms. The monoisotopic (exact) mass is 636 g/mol. The fourth-order valence-electron chi connectivity index (χ4n) is 4.71. The van der Waals surface area contributed by atoms with Gasteiger partial charge in [0.25, 0.3) is 5.91 Å². The summed E-state index contributed by atoms with van der Waals surface area (Å²) in [5.41, 5.74) is 7.04. The zero-order chi connectivity index (χ0) is 28.5. The van der Waals surface area contributed by atoms with E-state index >= 15 is 0 Å². The highest BCUT2D eigenvalue weighted by Gasteiger charge is 2.46. The molecule has 2 aliphatic rings. The van der Waals surface area contributed by atoms with Gasteiger partial charge in [-0.15, -0.1) is 0 Å². The molecule has 0 saturated heterocycles. The number of amides is 1. The Bertz CT molecular complexity index is 1420. The highest BCUT2D eigenvalue weighted by atomic mass is 79.9. The normalized spacial score (nSPS) is 18.3. The highest BCUT2D eigenvalue weighted by Crippen LogP contribution is 2.50. The van der Waals surface area contributed by atoms with Gasteiger partial charge in [-0.1, -0.05) is 59.0 Å². The predicted octanol–water partition coefficient (Wildman–Crippen LogP) is 6.26. The summed E-state index contributed by atoms with van der Waals surface area (Å²) in [6.45, 7) is 5.31. The molecule has 2 aromatic carbocycles. The number of rotatable bonds is 7. The number of ketones is 1. The lowest BCUT2D eigenvalue weighted by atomic mass is 9.70. The van der Waals surface area contributed by atoms with E-state index in [2.05, 4.69) is 21.2 Å². The second-order valence-electron chi connectivity index (χ2n) is 9.93. The van der Waals surface area contributed by atoms with Gasteiger partial charge in [-0.05, 0) is 42.7 Å². The van der Waals surface area contributed by atoms with Crippen molar-refractivity contribution >= 4 is 62.5 Å². The number of carbonyl (C=O) groups is 3. The summed E-state index contributed by atoms with van der Waals surface area (Å²) >= 11 is 15.7. The van der Waals surface area contributed by atoms with Crippen LogP contribution in [0.1, 0.15) is 45.1 Å². The van der Waals surface area contributed by atoms with E-state index in [-0.39, 0.29) is 53.1 Å². The van der Waals surface area contributed by atoms with Crippen LogP contribution in [0.5, 0.6) is 5.75 Å². The summed E-state index contributed by atoms with van der Waals surface area (Å²) in [7, 11) is 0. The summed E-state index contributed by atoms with van der Waals surface area (Å²) in [6, 6.07) is 9.97. The minimum absolute atomic E-state index is 0.00164. The van der Waals surface area contributed by atoms with Gasteiger partial charge in [0, 0.05) is 28.5 Å². The predicted molar refractivity (Wildman–Crippen MR) is 151 cm³/mol. The zero-order valence-corrected chi connectivity index (χ0v) is 24.6. The number of nitrogens with two attached hydrogens (primary N) is 1. The average Bonchev–Trinajstić information content (AvgIpc) is 2.84. The van der Waals surface area contributed by atoms with Crippen molar-refractivity contribution in [1.29, 1.82) is 0 Å². The molecule has 3 N–H and O–H groups in total. The maximum atomic E-state index is 13.5. The Morgan fingerprint density at radius 2 is 1.95 bits per heavy atom. The SMILES string of the molecule is CCOC(=O)C1=C(N)OC2=C(C(=O)CC(C)(C)C2)C1c1cc(Br)ccc1OCC(=O)Nc1cccc(Cl)c1Cl. The van der Waals surface area contributed by atoms with E-state index in [4.69, 9.17) is 43.1 Å². The van der Waals surface area contributed by atoms with E-state index in [9.17, 15) is 14.4 Å². The fourth-order valence-corrected chi connectivity index (χ4v) is 5.44. The first-order valence-electron chi connectivity index (χ1n) is 12.2. The Kier molecular flexibility index (Phi) is 8.63. The van der Waals surface area contributed by atoms with Crippen LogP contribution in [0.4, 0.5) is 5.69 Å². The third-order valence-electron chi connectivity index (χ3n) is 6.32. The minimum atomic E-state index is -0.922. The molecule has 1 aliphatic heterocycles. The van der Waals surface area contributed by atoms with Crippen LogP contribution in [0.3, 0.4) is 0 Å². The zero-order valence-electron chi connectivity index (χ0n) is 21.5. The highest BCUT2D eigenvalue weighted by molar-refractivity contribution is 9.10. The number of carbonyl (C=O) groups excluding carboxylic acids is 3. The molecule has 1 atom stereocenters. The van der Waals surface area contributed by atoms with Gasteiger partial charge < -0.3 is 25.3 Å². The Hall–Kier alpha value is -3.01. The number of esters is 1. The van der Waals surface area contributed by atoms with E-state index < -0.39 is 17.8 Å². The first-order valence-corrected chi connectivity index (χ1v) is 13.7. The van der Waals surface area contributed by atoms with Gasteiger partial charge in [-0.3, -0.25) is 9.59 Å². The van der Waals surface area contributed by atoms with Crippen molar-refractivity contribution in [1.82, 2.24) is 0 Å². The number of halogens is 3. The lowest BCUT2D eigenvalue weighted by Crippen LogP contribution is -2.36. The van der Waals surface area contributed by atoms with Crippen molar-refractivity contribution in [3.63, 3.8) is 0 Å². The molecule has 1 aliphatic carbocycles. The van der Waals surface area contributed by atoms with Crippen LogP contribution in [-0.2, 0) is 23.9 Å². The molecule has 0 fully saturated rings. The first-order chi connectivity index (χ1) is 18.4. The van der Waals surface area contributed by atoms with Gasteiger partial charge in [-0.25, -0.2) is 4.79 Å². The molecular formula is C28H27BrCl2N2O6. The molecule has 11 heteroatoms. The van der Waals surface area contributed by atoms with Crippen molar-refractivity contribution in [2.24, 2.45) is 11.1 Å². The molecule has 206 valence electrons. The molecule has 0 aromatic heterocycles. The minimum Gasteiger partial charge on any atom is -0.483 e. The van der Waals surface area contributed by atoms with Crippen LogP contribution in [0.25, 0.3) is 0 Å². The molecule has 2 aromatic rings. The van der Waals surface area contributed by atoms with Crippen LogP contribution in [-0.4, -0.2) is 30.9 Å². The Morgan fingerprint density at radius 1 is 1.21 bits per heavy atom. The molecule has 1 amide bonds. The van der Waals surface area contributed by atoms with Gasteiger partial charge in [0.1, 0.15) is 17.1 Å². The topological polar surface area (TPSA) is 117 Å². The third kappa shape index (κ3) is 6.26. The Labute approximate surface area is 244 Å². The van der Waals surface area contributed by atoms with Gasteiger partial charge in [0.05, 0.1) is 28.3 Å². The van der Waals surface area contributed by atoms with Crippen molar-refractivity contribution in [2.45, 2.75) is 39.5 Å². The van der Waals surface area contributed by atoms with Crippen molar-refractivity contribution in [2.75, 3.05) is 18.5 Å². The smallest absolute Gasteiger partial charge is 0.340 e. The largest absolute Gasteiger partial charge is 0.483 e. The second-order valence-corrected chi connectivity index (χ2v) is 11.6. The van der Waals surface area contributed by atoms with Crippen molar-refractivity contribution in [3.05, 3.63) is 79.3 Å². The summed E-state index contributed by atoms with van der Waals surface area (Å²) in [5.74, 6) is -1.74. The number of allylic oxidation sites excluding steroid dienone is 2. The number of ether oxygens (including phenoxy) is 3. The fraction of sp³-hybridized carbons (Fsp3) is 0.321. The molecule has 1 heterocycles. The van der Waals surface area contributed by atoms with Crippen LogP contribution in [0.15, 0.2) is 63.7 Å². The number of nitrogens with one attached hydrogen (secondary N) is 1. The van der Waals surface area contributed by atoms with Gasteiger partial charge in [0.2, 0.25) is 5.88 Å². The van der Waals surface area contributed by atoms with E-state index in [1.807, 2.05) is 13.8 Å². The third-order valence-corrected chi connectivity index (χ3v) is 7.63. The number of anilines is 1. The lowest BCUT2D eigenvalue weighted by Gasteiger charge is -2.38. The van der Waals surface area contributed by atoms with Gasteiger partial charge in [0.15, 0.2) is 12.4 Å². The number of hydrogen-bond acceptors (Lipinski definition) is 7. The molecular weight excluding hydrogens is 611 g/mol. The number of benzene rings is 2. The van der Waals surface area contributed by atoms with Crippen molar-refractivity contribution < 1.29 is 28.6 Å². The maximum Gasteiger partial charge on any atom is 0.340 e. The molecule has 0 radical (unpaired) electrons. The first kappa shape index (κ1) is 29.0. The van der Waals surface area contributed by atoms with Crippen molar-refractivity contribution in [3.8, 4) is 5.75 Å². The van der Waals surface area contributed by atoms with Crippen LogP contribution in [0.2, 0.25) is 10.0 Å². The van der Waals surface area contributed by atoms with Gasteiger partial charge in [-0.2, -0.15) is 0 Å². The molecule has 8 nitrogen and oxygen atoms in total. The summed E-state index contributed by atoms with van der Waals surface area (Å²) in [4.78, 5) is 39.3. The summed E-state index contributed by atoms with van der Waals surface area (Å²) in [6.07, 6.45) is 0.711. The second kappa shape index (κ2) is 11.6. The summed E-state index contributed by atoms with van der Waals surface area (Å²) < 4.78 is 17.7. The molecule has 1 unspecified atom stereocenters. The Morgan fingerprint density at radius 3 is 2.67 bits per heavy atom. The summed E-state index contributed by atoms with van der Waals surface area (Å²) in [5, 5.41) is 3.17. The van der Waals surface area contributed by atoms with E-state index in [0.29, 0.717) is 38.5 Å². The lowest BCUT2D eigenvalue weighted by molar-refractivity contribution is -0.139. The quantitative estimate of drug-likeness (QED) is 0.344. The van der Waals surface area contributed by atoms with Crippen LogP contribution >= 0.6 is 39.1 Å².